The van der Waals surface area contributed by atoms with Gasteiger partial charge in [-0.1, -0.05) is 29.3 Å². The fourth-order valence-electron chi connectivity index (χ4n) is 1.38. The molecule has 0 radical (unpaired) electrons. The van der Waals surface area contributed by atoms with Gasteiger partial charge in [0.15, 0.2) is 0 Å². The summed E-state index contributed by atoms with van der Waals surface area (Å²) in [7, 11) is 0. The summed E-state index contributed by atoms with van der Waals surface area (Å²) in [5, 5.41) is 0.936. The monoisotopic (exact) mass is 282 g/mol. The summed E-state index contributed by atoms with van der Waals surface area (Å²) in [5.74, 6) is 1.07. The van der Waals surface area contributed by atoms with Crippen molar-refractivity contribution in [3.8, 4) is 11.6 Å². The van der Waals surface area contributed by atoms with Crippen molar-refractivity contribution in [2.75, 3.05) is 0 Å². The molecule has 0 aliphatic heterocycles. The van der Waals surface area contributed by atoms with E-state index in [4.69, 9.17) is 33.7 Å². The highest BCUT2D eigenvalue weighted by Gasteiger charge is 2.04. The van der Waals surface area contributed by atoms with E-state index in [0.29, 0.717) is 21.7 Å². The molecule has 0 amide bonds. The van der Waals surface area contributed by atoms with Gasteiger partial charge in [0.05, 0.1) is 10.0 Å². The lowest BCUT2D eigenvalue weighted by Gasteiger charge is -2.08. The Kier molecular flexibility index (Phi) is 4.07. The van der Waals surface area contributed by atoms with Crippen LogP contribution in [0.1, 0.15) is 18.5 Å². The van der Waals surface area contributed by atoms with Crippen LogP contribution in [0.3, 0.4) is 0 Å². The third-order valence-corrected chi connectivity index (χ3v) is 3.14. The minimum absolute atomic E-state index is 0.0449. The maximum absolute atomic E-state index is 5.90. The lowest BCUT2D eigenvalue weighted by atomic mass is 10.2. The first-order valence-electron chi connectivity index (χ1n) is 5.40. The highest BCUT2D eigenvalue weighted by Crippen LogP contribution is 2.28. The van der Waals surface area contributed by atoms with E-state index in [1.165, 1.54) is 0 Å². The summed E-state index contributed by atoms with van der Waals surface area (Å²) in [4.78, 5) is 4.17. The van der Waals surface area contributed by atoms with Gasteiger partial charge >= 0.3 is 0 Å². The molecule has 18 heavy (non-hydrogen) atoms. The second-order valence-corrected chi connectivity index (χ2v) is 4.71. The Morgan fingerprint density at radius 3 is 2.50 bits per heavy atom. The Bertz CT molecular complexity index is 541. The third-order valence-electron chi connectivity index (χ3n) is 2.40. The molecule has 5 heteroatoms. The predicted molar refractivity (Wildman–Crippen MR) is 73.4 cm³/mol. The van der Waals surface area contributed by atoms with E-state index in [2.05, 4.69) is 4.98 Å². The van der Waals surface area contributed by atoms with Gasteiger partial charge in [-0.2, -0.15) is 0 Å². The van der Waals surface area contributed by atoms with Crippen LogP contribution in [0, 0.1) is 0 Å². The van der Waals surface area contributed by atoms with Crippen LogP contribution in [0.25, 0.3) is 0 Å². The predicted octanol–water partition coefficient (Wildman–Crippen LogP) is 4.20. The van der Waals surface area contributed by atoms with Crippen LogP contribution in [0.15, 0.2) is 36.5 Å². The molecule has 0 fully saturated rings. The average Bonchev–Trinajstić information content (AvgIpc) is 2.34. The van der Waals surface area contributed by atoms with Gasteiger partial charge in [-0.05, 0) is 24.6 Å². The molecule has 1 aromatic carbocycles. The SMILES string of the molecule is C[C@@H](N)c1ccc(Oc2ccc(Cl)c(Cl)c2)nc1. The van der Waals surface area contributed by atoms with Gasteiger partial charge < -0.3 is 10.5 Å². The van der Waals surface area contributed by atoms with Crippen LogP contribution in [-0.2, 0) is 0 Å². The topological polar surface area (TPSA) is 48.1 Å². The first kappa shape index (κ1) is 13.1. The Morgan fingerprint density at radius 2 is 1.94 bits per heavy atom. The highest BCUT2D eigenvalue weighted by atomic mass is 35.5. The summed E-state index contributed by atoms with van der Waals surface area (Å²) in [6.45, 7) is 1.90. The number of rotatable bonds is 3. The van der Waals surface area contributed by atoms with Crippen molar-refractivity contribution in [3.05, 3.63) is 52.1 Å². The van der Waals surface area contributed by atoms with Crippen molar-refractivity contribution in [2.45, 2.75) is 13.0 Å². The van der Waals surface area contributed by atoms with E-state index in [1.807, 2.05) is 13.0 Å². The summed E-state index contributed by atoms with van der Waals surface area (Å²) in [6.07, 6.45) is 1.69. The molecule has 3 nitrogen and oxygen atoms in total. The zero-order valence-electron chi connectivity index (χ0n) is 9.73. The van der Waals surface area contributed by atoms with Crippen LogP contribution < -0.4 is 10.5 Å². The molecular formula is C13H12Cl2N2O. The number of ether oxygens (including phenoxy) is 1. The van der Waals surface area contributed by atoms with E-state index in [9.17, 15) is 0 Å². The molecule has 1 aromatic heterocycles. The summed E-state index contributed by atoms with van der Waals surface area (Å²) >= 11 is 11.7. The Hall–Kier alpha value is -1.29. The fraction of sp³-hybridized carbons (Fsp3) is 0.154. The summed E-state index contributed by atoms with van der Waals surface area (Å²) in [5.41, 5.74) is 6.70. The lowest BCUT2D eigenvalue weighted by Crippen LogP contribution is -2.05. The molecule has 94 valence electrons. The first-order chi connectivity index (χ1) is 8.56. The van der Waals surface area contributed by atoms with Gasteiger partial charge in [-0.25, -0.2) is 4.98 Å². The minimum atomic E-state index is -0.0449. The van der Waals surface area contributed by atoms with Crippen molar-refractivity contribution >= 4 is 23.2 Å². The van der Waals surface area contributed by atoms with Crippen LogP contribution in [0.5, 0.6) is 11.6 Å². The molecule has 2 aromatic rings. The van der Waals surface area contributed by atoms with E-state index in [1.54, 1.807) is 30.5 Å². The first-order valence-corrected chi connectivity index (χ1v) is 6.16. The van der Waals surface area contributed by atoms with Crippen molar-refractivity contribution in [3.63, 3.8) is 0 Å². The Labute approximate surface area is 115 Å². The van der Waals surface area contributed by atoms with Gasteiger partial charge in [0, 0.05) is 24.4 Å². The summed E-state index contributed by atoms with van der Waals surface area (Å²) < 4.78 is 5.55. The Balaban J connectivity index is 2.15. The number of hydrogen-bond acceptors (Lipinski definition) is 3. The van der Waals surface area contributed by atoms with Crippen molar-refractivity contribution in [1.29, 1.82) is 0 Å². The van der Waals surface area contributed by atoms with Crippen LogP contribution in [0.2, 0.25) is 10.0 Å². The van der Waals surface area contributed by atoms with Gasteiger partial charge in [-0.15, -0.1) is 0 Å². The second kappa shape index (κ2) is 5.57. The lowest BCUT2D eigenvalue weighted by molar-refractivity contribution is 0.462. The molecule has 0 spiro atoms. The van der Waals surface area contributed by atoms with Gasteiger partial charge in [0.2, 0.25) is 5.88 Å². The number of hydrogen-bond donors (Lipinski definition) is 1. The third kappa shape index (κ3) is 3.13. The van der Waals surface area contributed by atoms with Crippen molar-refractivity contribution < 1.29 is 4.74 Å². The largest absolute Gasteiger partial charge is 0.439 e. The molecule has 0 bridgehead atoms. The van der Waals surface area contributed by atoms with Crippen molar-refractivity contribution in [2.24, 2.45) is 5.73 Å². The van der Waals surface area contributed by atoms with E-state index >= 15 is 0 Å². The number of nitrogens with two attached hydrogens (primary N) is 1. The summed E-state index contributed by atoms with van der Waals surface area (Å²) in [6, 6.07) is 8.65. The molecule has 0 saturated heterocycles. The number of pyridine rings is 1. The molecule has 1 heterocycles. The van der Waals surface area contributed by atoms with E-state index in [-0.39, 0.29) is 6.04 Å². The zero-order valence-corrected chi connectivity index (χ0v) is 11.2. The van der Waals surface area contributed by atoms with Crippen LogP contribution in [0.4, 0.5) is 0 Å². The van der Waals surface area contributed by atoms with Gasteiger partial charge in [0.25, 0.3) is 0 Å². The van der Waals surface area contributed by atoms with Crippen molar-refractivity contribution in [1.82, 2.24) is 4.98 Å². The maximum Gasteiger partial charge on any atom is 0.219 e. The highest BCUT2D eigenvalue weighted by molar-refractivity contribution is 6.42. The minimum Gasteiger partial charge on any atom is -0.439 e. The van der Waals surface area contributed by atoms with Crippen LogP contribution >= 0.6 is 23.2 Å². The Morgan fingerprint density at radius 1 is 1.17 bits per heavy atom. The molecule has 1 atom stereocenters. The molecule has 2 N–H and O–H groups in total. The zero-order chi connectivity index (χ0) is 13.1. The number of aromatic nitrogens is 1. The van der Waals surface area contributed by atoms with E-state index < -0.39 is 0 Å². The second-order valence-electron chi connectivity index (χ2n) is 3.90. The van der Waals surface area contributed by atoms with Gasteiger partial charge in [-0.3, -0.25) is 0 Å². The standard InChI is InChI=1S/C13H12Cl2N2O/c1-8(16)9-2-5-13(17-7-9)18-10-3-4-11(14)12(15)6-10/h2-8H,16H2,1H3/t8-/m1/s1. The molecule has 0 saturated carbocycles. The number of benzene rings is 1. The fourth-order valence-corrected chi connectivity index (χ4v) is 1.67. The molecule has 2 rings (SSSR count). The van der Waals surface area contributed by atoms with Crippen LogP contribution in [-0.4, -0.2) is 4.98 Å². The van der Waals surface area contributed by atoms with E-state index in [0.717, 1.165) is 5.56 Å². The molecular weight excluding hydrogens is 271 g/mol. The number of nitrogens with zero attached hydrogens (tertiary/aromatic N) is 1. The van der Waals surface area contributed by atoms with Gasteiger partial charge in [0.1, 0.15) is 5.75 Å². The molecule has 0 aliphatic carbocycles. The normalized spacial score (nSPS) is 12.2. The number of halogens is 2. The molecule has 0 unspecified atom stereocenters. The maximum atomic E-state index is 5.90. The molecule has 0 aliphatic rings. The smallest absolute Gasteiger partial charge is 0.219 e. The average molecular weight is 283 g/mol. The quantitative estimate of drug-likeness (QED) is 0.918.